The number of hydrogen-bond donors (Lipinski definition) is 1. The molecule has 0 saturated carbocycles. The van der Waals surface area contributed by atoms with Gasteiger partial charge in [-0.25, -0.2) is 4.98 Å². The maximum Gasteiger partial charge on any atom is 0.224 e. The van der Waals surface area contributed by atoms with Gasteiger partial charge in [0.05, 0.1) is 11.6 Å². The van der Waals surface area contributed by atoms with Crippen molar-refractivity contribution >= 4 is 17.2 Å². The van der Waals surface area contributed by atoms with Gasteiger partial charge in [0.15, 0.2) is 0 Å². The molecule has 1 aromatic rings. The number of thiazole rings is 1. The van der Waals surface area contributed by atoms with Crippen LogP contribution in [-0.2, 0) is 11.3 Å². The first-order valence-corrected chi connectivity index (χ1v) is 6.62. The quantitative estimate of drug-likeness (QED) is 0.872. The number of amides is 1. The van der Waals surface area contributed by atoms with E-state index in [0.29, 0.717) is 18.9 Å². The minimum absolute atomic E-state index is 0.0619. The average Bonchev–Trinajstić information content (AvgIpc) is 2.63. The molecule has 1 unspecified atom stereocenters. The van der Waals surface area contributed by atoms with Gasteiger partial charge in [-0.2, -0.15) is 0 Å². The second kappa shape index (κ2) is 6.12. The molecule has 0 spiro atoms. The highest BCUT2D eigenvalue weighted by Crippen LogP contribution is 2.14. The van der Waals surface area contributed by atoms with Gasteiger partial charge in [0.2, 0.25) is 5.91 Å². The Morgan fingerprint density at radius 1 is 1.59 bits per heavy atom. The molecule has 0 aromatic carbocycles. The molecule has 0 aliphatic heterocycles. The molecule has 5 heteroatoms. The Morgan fingerprint density at radius 2 is 2.24 bits per heavy atom. The Kier molecular flexibility index (Phi) is 5.08. The number of carbonyl (C=O) groups is 1. The lowest BCUT2D eigenvalue weighted by atomic mass is 10.0. The van der Waals surface area contributed by atoms with Crippen LogP contribution >= 0.6 is 11.3 Å². The van der Waals surface area contributed by atoms with Gasteiger partial charge in [-0.3, -0.25) is 4.79 Å². The number of rotatable bonds is 5. The van der Waals surface area contributed by atoms with Crippen molar-refractivity contribution in [1.29, 1.82) is 0 Å². The largest absolute Gasteiger partial charge is 0.341 e. The number of carbonyl (C=O) groups excluding carboxylic acids is 1. The van der Waals surface area contributed by atoms with Gasteiger partial charge in [0.25, 0.3) is 0 Å². The van der Waals surface area contributed by atoms with Crippen molar-refractivity contribution in [3.05, 3.63) is 16.1 Å². The van der Waals surface area contributed by atoms with E-state index in [4.69, 9.17) is 5.73 Å². The van der Waals surface area contributed by atoms with E-state index in [1.165, 1.54) is 0 Å². The van der Waals surface area contributed by atoms with Crippen molar-refractivity contribution in [1.82, 2.24) is 9.88 Å². The van der Waals surface area contributed by atoms with E-state index in [1.54, 1.807) is 16.2 Å². The fourth-order valence-corrected chi connectivity index (χ4v) is 2.24. The molecule has 17 heavy (non-hydrogen) atoms. The summed E-state index contributed by atoms with van der Waals surface area (Å²) in [5.74, 6) is 0.426. The minimum Gasteiger partial charge on any atom is -0.341 e. The van der Waals surface area contributed by atoms with Gasteiger partial charge in [-0.15, -0.1) is 11.3 Å². The fourth-order valence-electron chi connectivity index (χ4n) is 1.39. The third-order valence-electron chi connectivity index (χ3n) is 2.75. The molecule has 0 aliphatic carbocycles. The van der Waals surface area contributed by atoms with Crippen molar-refractivity contribution < 1.29 is 4.79 Å². The van der Waals surface area contributed by atoms with Gasteiger partial charge >= 0.3 is 0 Å². The molecule has 0 fully saturated rings. The predicted octanol–water partition coefficient (Wildman–Crippen LogP) is 1.78. The lowest BCUT2D eigenvalue weighted by Gasteiger charge is -2.20. The summed E-state index contributed by atoms with van der Waals surface area (Å²) in [4.78, 5) is 18.9. The summed E-state index contributed by atoms with van der Waals surface area (Å²) < 4.78 is 0. The Hall–Kier alpha value is -0.940. The molecule has 1 rings (SSSR count). The van der Waals surface area contributed by atoms with Crippen LogP contribution in [-0.4, -0.2) is 28.9 Å². The number of hydrogen-bond acceptors (Lipinski definition) is 4. The van der Waals surface area contributed by atoms with Gasteiger partial charge in [0, 0.05) is 30.6 Å². The molecule has 1 aromatic heterocycles. The van der Waals surface area contributed by atoms with E-state index in [0.717, 1.165) is 9.88 Å². The van der Waals surface area contributed by atoms with Gasteiger partial charge in [-0.05, 0) is 12.8 Å². The van der Waals surface area contributed by atoms with E-state index in [-0.39, 0.29) is 11.9 Å². The third kappa shape index (κ3) is 4.44. The number of nitrogens with zero attached hydrogens (tertiary/aromatic N) is 2. The molecule has 4 nitrogen and oxygen atoms in total. The monoisotopic (exact) mass is 255 g/mol. The van der Waals surface area contributed by atoms with Crippen molar-refractivity contribution in [2.75, 3.05) is 7.05 Å². The highest BCUT2D eigenvalue weighted by Gasteiger charge is 2.16. The zero-order valence-corrected chi connectivity index (χ0v) is 11.8. The topological polar surface area (TPSA) is 59.2 Å². The van der Waals surface area contributed by atoms with Crippen LogP contribution in [0.15, 0.2) is 6.20 Å². The Morgan fingerprint density at radius 3 is 2.71 bits per heavy atom. The van der Waals surface area contributed by atoms with Crippen LogP contribution in [0.1, 0.15) is 30.2 Å². The summed E-state index contributed by atoms with van der Waals surface area (Å²) in [6, 6.07) is -0.0619. The first-order chi connectivity index (χ1) is 7.90. The zero-order valence-electron chi connectivity index (χ0n) is 10.9. The van der Waals surface area contributed by atoms with Crippen LogP contribution in [0.4, 0.5) is 0 Å². The number of aromatic nitrogens is 1. The van der Waals surface area contributed by atoms with Crippen molar-refractivity contribution in [2.45, 2.75) is 39.8 Å². The smallest absolute Gasteiger partial charge is 0.224 e. The Labute approximate surface area is 107 Å². The van der Waals surface area contributed by atoms with E-state index >= 15 is 0 Å². The van der Waals surface area contributed by atoms with Crippen LogP contribution in [0.5, 0.6) is 0 Å². The summed E-state index contributed by atoms with van der Waals surface area (Å²) in [7, 11) is 1.81. The summed E-state index contributed by atoms with van der Waals surface area (Å²) in [5, 5.41) is 1.03. The Bertz CT molecular complexity index is 376. The van der Waals surface area contributed by atoms with Crippen LogP contribution in [0.3, 0.4) is 0 Å². The molecule has 1 atom stereocenters. The third-order valence-corrected chi connectivity index (χ3v) is 3.65. The summed E-state index contributed by atoms with van der Waals surface area (Å²) in [6.45, 7) is 6.65. The molecule has 0 saturated heterocycles. The molecular weight excluding hydrogens is 234 g/mol. The highest BCUT2D eigenvalue weighted by molar-refractivity contribution is 7.11. The maximum absolute atomic E-state index is 11.9. The molecule has 1 amide bonds. The molecule has 0 aliphatic rings. The SMILES string of the molecule is Cc1ncc(CN(C)C(=O)CC(N)C(C)C)s1. The molecule has 1 heterocycles. The van der Waals surface area contributed by atoms with Crippen LogP contribution in [0.2, 0.25) is 0 Å². The lowest BCUT2D eigenvalue weighted by molar-refractivity contribution is -0.130. The molecular formula is C12H21N3OS. The second-order valence-corrected chi connectivity index (χ2v) is 6.03. The molecule has 0 radical (unpaired) electrons. The second-order valence-electron chi connectivity index (χ2n) is 4.71. The lowest BCUT2D eigenvalue weighted by Crippen LogP contribution is -2.35. The normalized spacial score (nSPS) is 12.8. The fraction of sp³-hybridized carbons (Fsp3) is 0.667. The number of aryl methyl sites for hydroxylation is 1. The average molecular weight is 255 g/mol. The van der Waals surface area contributed by atoms with Crippen molar-refractivity contribution in [2.24, 2.45) is 11.7 Å². The van der Waals surface area contributed by atoms with Gasteiger partial charge in [-0.1, -0.05) is 13.8 Å². The standard InChI is InChI=1S/C12H21N3OS/c1-8(2)11(13)5-12(16)15(4)7-10-6-14-9(3)17-10/h6,8,11H,5,7,13H2,1-4H3. The van der Waals surface area contributed by atoms with Crippen LogP contribution < -0.4 is 5.73 Å². The molecule has 2 N–H and O–H groups in total. The van der Waals surface area contributed by atoms with E-state index in [2.05, 4.69) is 4.98 Å². The van der Waals surface area contributed by atoms with Gasteiger partial charge in [0.1, 0.15) is 0 Å². The van der Waals surface area contributed by atoms with Crippen molar-refractivity contribution in [3.63, 3.8) is 0 Å². The van der Waals surface area contributed by atoms with E-state index < -0.39 is 0 Å². The van der Waals surface area contributed by atoms with Crippen LogP contribution in [0, 0.1) is 12.8 Å². The maximum atomic E-state index is 11.9. The summed E-state index contributed by atoms with van der Waals surface area (Å²) in [5.41, 5.74) is 5.90. The van der Waals surface area contributed by atoms with Crippen molar-refractivity contribution in [3.8, 4) is 0 Å². The molecule has 96 valence electrons. The first-order valence-electron chi connectivity index (χ1n) is 5.81. The zero-order chi connectivity index (χ0) is 13.0. The predicted molar refractivity (Wildman–Crippen MR) is 70.8 cm³/mol. The Balaban J connectivity index is 2.47. The van der Waals surface area contributed by atoms with E-state index in [1.807, 2.05) is 34.0 Å². The summed E-state index contributed by atoms with van der Waals surface area (Å²) >= 11 is 1.62. The first kappa shape index (κ1) is 14.1. The highest BCUT2D eigenvalue weighted by atomic mass is 32.1. The minimum atomic E-state index is -0.0619. The molecule has 0 bridgehead atoms. The van der Waals surface area contributed by atoms with E-state index in [9.17, 15) is 4.79 Å². The summed E-state index contributed by atoms with van der Waals surface area (Å²) in [6.07, 6.45) is 2.23. The van der Waals surface area contributed by atoms with Gasteiger partial charge < -0.3 is 10.6 Å². The van der Waals surface area contributed by atoms with Crippen LogP contribution in [0.25, 0.3) is 0 Å². The number of nitrogens with two attached hydrogens (primary N) is 1.